The van der Waals surface area contributed by atoms with Gasteiger partial charge in [-0.05, 0) is 0 Å². The number of benzene rings is 4. The van der Waals surface area contributed by atoms with Crippen LogP contribution >= 0.6 is 20.8 Å². The number of hydrogen-bond donors (Lipinski definition) is 0. The van der Waals surface area contributed by atoms with Gasteiger partial charge in [-0.1, -0.05) is 0 Å². The van der Waals surface area contributed by atoms with Crippen molar-refractivity contribution < 1.29 is 13.2 Å². The summed E-state index contributed by atoms with van der Waals surface area (Å²) in [7, 11) is 0. The second-order valence-corrected chi connectivity index (χ2v) is 16.9. The molecule has 0 unspecified atom stereocenters. The topological polar surface area (TPSA) is 0 Å². The molecule has 0 saturated carbocycles. The predicted octanol–water partition coefficient (Wildman–Crippen LogP) is 7.09. The molecule has 0 atom stereocenters. The Bertz CT molecular complexity index is 1060. The number of aryl methyl sites for hydroxylation is 1. The first-order valence-corrected chi connectivity index (χ1v) is 14.8. The minimum atomic E-state index is -4.33. The average Bonchev–Trinajstić information content (AvgIpc) is 2.84. The van der Waals surface area contributed by atoms with Gasteiger partial charge in [0, 0.05) is 0 Å². The minimum absolute atomic E-state index is 0.619. The second kappa shape index (κ2) is 8.84. The van der Waals surface area contributed by atoms with Crippen LogP contribution in [0, 0.1) is 0 Å². The van der Waals surface area contributed by atoms with E-state index in [1.807, 2.05) is 54.6 Å². The molecule has 0 saturated heterocycles. The van der Waals surface area contributed by atoms with Gasteiger partial charge < -0.3 is 0 Å². The molecule has 32 heavy (non-hydrogen) atoms. The molecule has 0 amide bonds. The molecule has 0 fully saturated rings. The molecule has 4 aromatic rings. The summed E-state index contributed by atoms with van der Waals surface area (Å²) in [5.41, 5.74) is 0.265. The molecular weight excluding hydrogens is 492 g/mol. The monoisotopic (exact) mass is 514 g/mol. The second-order valence-electron chi connectivity index (χ2n) is 7.86. The van der Waals surface area contributed by atoms with Gasteiger partial charge in [0.15, 0.2) is 0 Å². The predicted molar refractivity (Wildman–Crippen MR) is 134 cm³/mol. The molecule has 0 spiro atoms. The summed E-state index contributed by atoms with van der Waals surface area (Å²) in [5, 5.41) is 0.508. The van der Waals surface area contributed by atoms with Gasteiger partial charge in [-0.25, -0.2) is 0 Å². The molecule has 0 aromatic heterocycles. The fourth-order valence-corrected chi connectivity index (χ4v) is 11.6. The van der Waals surface area contributed by atoms with Crippen molar-refractivity contribution >= 4 is 36.7 Å². The summed E-state index contributed by atoms with van der Waals surface area (Å²) in [6.07, 6.45) is -2.94. The van der Waals surface area contributed by atoms with Crippen molar-refractivity contribution in [2.75, 3.05) is 6.16 Å². The van der Waals surface area contributed by atoms with Crippen LogP contribution in [0.4, 0.5) is 13.2 Å². The molecular formula is C27H23BrF3P. The zero-order chi connectivity index (χ0) is 22.7. The van der Waals surface area contributed by atoms with E-state index in [9.17, 15) is 13.2 Å². The normalized spacial score (nSPS) is 13.3. The summed E-state index contributed by atoms with van der Waals surface area (Å²) in [6.45, 7) is 0. The fraction of sp³-hybridized carbons (Fsp3) is 0.111. The molecule has 0 nitrogen and oxygen atoms in total. The van der Waals surface area contributed by atoms with Crippen molar-refractivity contribution in [1.29, 1.82) is 0 Å². The summed E-state index contributed by atoms with van der Waals surface area (Å²) >= 11 is 4.37. The van der Waals surface area contributed by atoms with Crippen LogP contribution < -0.4 is 15.9 Å². The average molecular weight is 515 g/mol. The van der Waals surface area contributed by atoms with Gasteiger partial charge in [0.25, 0.3) is 0 Å². The van der Waals surface area contributed by atoms with E-state index in [0.29, 0.717) is 6.42 Å². The molecule has 0 aliphatic carbocycles. The van der Waals surface area contributed by atoms with Crippen LogP contribution in [-0.4, -0.2) is 6.16 Å². The Kier molecular flexibility index (Phi) is 6.29. The van der Waals surface area contributed by atoms with Crippen LogP contribution in [0.2, 0.25) is 0 Å². The Morgan fingerprint density at radius 3 is 1.28 bits per heavy atom. The van der Waals surface area contributed by atoms with E-state index in [4.69, 9.17) is 0 Å². The fourth-order valence-electron chi connectivity index (χ4n) is 4.25. The van der Waals surface area contributed by atoms with Crippen molar-refractivity contribution in [1.82, 2.24) is 0 Å². The van der Waals surface area contributed by atoms with Crippen molar-refractivity contribution in [2.45, 2.75) is 12.6 Å². The third-order valence-corrected chi connectivity index (χ3v) is 15.9. The molecule has 164 valence electrons. The summed E-state index contributed by atoms with van der Waals surface area (Å²) < 4.78 is 39.1. The molecule has 0 aliphatic rings. The van der Waals surface area contributed by atoms with E-state index in [-0.39, 0.29) is 0 Å². The molecule has 0 heterocycles. The van der Waals surface area contributed by atoms with E-state index < -0.39 is 17.0 Å². The van der Waals surface area contributed by atoms with Crippen LogP contribution in [-0.2, 0) is 12.6 Å². The quantitative estimate of drug-likeness (QED) is 0.241. The molecule has 0 aliphatic heterocycles. The van der Waals surface area contributed by atoms with Gasteiger partial charge in [-0.3, -0.25) is 0 Å². The van der Waals surface area contributed by atoms with Crippen molar-refractivity contribution in [3.63, 3.8) is 0 Å². The Morgan fingerprint density at radius 2 is 0.938 bits per heavy atom. The summed E-state index contributed by atoms with van der Waals surface area (Å²) in [4.78, 5) is 0. The zero-order valence-corrected chi connectivity index (χ0v) is 19.8. The number of halogens is 4. The van der Waals surface area contributed by atoms with E-state index in [2.05, 4.69) is 51.9 Å². The first kappa shape index (κ1) is 22.8. The third kappa shape index (κ3) is 4.14. The van der Waals surface area contributed by atoms with Crippen LogP contribution in [0.3, 0.4) is 0 Å². The maximum atomic E-state index is 13.0. The van der Waals surface area contributed by atoms with E-state index in [0.717, 1.165) is 11.7 Å². The Labute approximate surface area is 194 Å². The van der Waals surface area contributed by atoms with E-state index in [1.165, 1.54) is 28.0 Å². The SMILES string of the molecule is FC(F)(F)c1ccc(CCP(Br)(c2ccccc2)(c2ccccc2)c2ccccc2)cc1. The Hall–Kier alpha value is -2.42. The molecule has 5 heteroatoms. The Morgan fingerprint density at radius 1 is 0.562 bits per heavy atom. The maximum absolute atomic E-state index is 13.0. The van der Waals surface area contributed by atoms with Gasteiger partial charge in [0.05, 0.1) is 0 Å². The van der Waals surface area contributed by atoms with Crippen LogP contribution in [0.25, 0.3) is 0 Å². The van der Waals surface area contributed by atoms with E-state index >= 15 is 0 Å². The van der Waals surface area contributed by atoms with Gasteiger partial charge in [0.1, 0.15) is 0 Å². The standard InChI is InChI=1S/C27H23BrF3P/c28-32(24-10-4-1-5-11-24,25-12-6-2-7-13-25,26-14-8-3-9-15-26)21-20-22-16-18-23(19-17-22)27(29,30)31/h1-19H,20-21H2. The first-order valence-electron chi connectivity index (χ1n) is 10.4. The van der Waals surface area contributed by atoms with Gasteiger partial charge in [-0.2, -0.15) is 0 Å². The molecule has 4 rings (SSSR count). The van der Waals surface area contributed by atoms with Crippen molar-refractivity contribution in [3.05, 3.63) is 126 Å². The molecule has 4 aromatic carbocycles. The van der Waals surface area contributed by atoms with Crippen LogP contribution in [0.15, 0.2) is 115 Å². The van der Waals surface area contributed by atoms with Crippen LogP contribution in [0.5, 0.6) is 0 Å². The van der Waals surface area contributed by atoms with Gasteiger partial charge in [0.2, 0.25) is 0 Å². The first-order chi connectivity index (χ1) is 15.3. The van der Waals surface area contributed by atoms with Gasteiger partial charge in [-0.15, -0.1) is 0 Å². The zero-order valence-electron chi connectivity index (χ0n) is 17.3. The molecule has 0 radical (unpaired) electrons. The Balaban J connectivity index is 1.86. The third-order valence-electron chi connectivity index (χ3n) is 5.99. The number of rotatable bonds is 6. The molecule has 0 N–H and O–H groups in total. The van der Waals surface area contributed by atoms with Crippen LogP contribution in [0.1, 0.15) is 11.1 Å². The summed E-state index contributed by atoms with van der Waals surface area (Å²) in [5.74, 6) is 0. The number of alkyl halides is 3. The van der Waals surface area contributed by atoms with Crippen molar-refractivity contribution in [3.8, 4) is 0 Å². The summed E-state index contributed by atoms with van der Waals surface area (Å²) in [6, 6.07) is 36.7. The van der Waals surface area contributed by atoms with E-state index in [1.54, 1.807) is 12.1 Å². The van der Waals surface area contributed by atoms with Gasteiger partial charge >= 0.3 is 195 Å². The molecule has 0 bridgehead atoms. The number of hydrogen-bond acceptors (Lipinski definition) is 0. The van der Waals surface area contributed by atoms with Crippen molar-refractivity contribution in [2.24, 2.45) is 0 Å².